The van der Waals surface area contributed by atoms with E-state index in [2.05, 4.69) is 10.2 Å². The largest absolute Gasteiger partial charge is 0.349 e. The van der Waals surface area contributed by atoms with Crippen LogP contribution in [0.3, 0.4) is 0 Å². The summed E-state index contributed by atoms with van der Waals surface area (Å²) in [5.41, 5.74) is 0. The van der Waals surface area contributed by atoms with Gasteiger partial charge in [0.15, 0.2) is 0 Å². The van der Waals surface area contributed by atoms with Crippen LogP contribution in [0, 0.1) is 6.92 Å². The SMILES string of the molecule is Cc1ccc(C(=O)NC2CCN(CC(=O)N3CCCCC3)CC2)s1. The lowest BCUT2D eigenvalue weighted by atomic mass is 10.0. The molecule has 2 saturated heterocycles. The molecule has 132 valence electrons. The van der Waals surface area contributed by atoms with Crippen molar-refractivity contribution in [2.24, 2.45) is 0 Å². The quantitative estimate of drug-likeness (QED) is 0.907. The summed E-state index contributed by atoms with van der Waals surface area (Å²) in [4.78, 5) is 30.7. The third-order valence-electron chi connectivity index (χ3n) is 4.95. The predicted molar refractivity (Wildman–Crippen MR) is 96.4 cm³/mol. The van der Waals surface area contributed by atoms with Crippen LogP contribution >= 0.6 is 11.3 Å². The molecule has 2 amide bonds. The van der Waals surface area contributed by atoms with Gasteiger partial charge in [-0.15, -0.1) is 11.3 Å². The first-order valence-electron chi connectivity index (χ1n) is 8.99. The predicted octanol–water partition coefficient (Wildman–Crippen LogP) is 2.26. The van der Waals surface area contributed by atoms with Gasteiger partial charge in [-0.3, -0.25) is 14.5 Å². The summed E-state index contributed by atoms with van der Waals surface area (Å²) in [6.07, 6.45) is 5.37. The molecule has 0 unspecified atom stereocenters. The number of rotatable bonds is 4. The van der Waals surface area contributed by atoms with Gasteiger partial charge in [0.25, 0.3) is 5.91 Å². The van der Waals surface area contributed by atoms with E-state index in [9.17, 15) is 9.59 Å². The minimum Gasteiger partial charge on any atom is -0.349 e. The zero-order valence-corrected chi connectivity index (χ0v) is 15.2. The summed E-state index contributed by atoms with van der Waals surface area (Å²) in [6, 6.07) is 4.09. The highest BCUT2D eigenvalue weighted by Crippen LogP contribution is 2.17. The van der Waals surface area contributed by atoms with Crippen molar-refractivity contribution in [3.63, 3.8) is 0 Å². The minimum atomic E-state index is 0.0379. The second kappa shape index (κ2) is 8.12. The molecule has 0 radical (unpaired) electrons. The van der Waals surface area contributed by atoms with Crippen molar-refractivity contribution in [1.29, 1.82) is 0 Å². The van der Waals surface area contributed by atoms with Crippen LogP contribution in [0.25, 0.3) is 0 Å². The molecule has 2 aliphatic heterocycles. The molecule has 0 aliphatic carbocycles. The maximum Gasteiger partial charge on any atom is 0.261 e. The highest BCUT2D eigenvalue weighted by atomic mass is 32.1. The number of aryl methyl sites for hydroxylation is 1. The van der Waals surface area contributed by atoms with Crippen LogP contribution < -0.4 is 5.32 Å². The lowest BCUT2D eigenvalue weighted by molar-refractivity contribution is -0.133. The summed E-state index contributed by atoms with van der Waals surface area (Å²) in [5, 5.41) is 3.14. The average molecular weight is 350 g/mol. The van der Waals surface area contributed by atoms with Crippen LogP contribution in [0.1, 0.15) is 46.7 Å². The summed E-state index contributed by atoms with van der Waals surface area (Å²) < 4.78 is 0. The zero-order valence-electron chi connectivity index (χ0n) is 14.4. The molecule has 0 aromatic carbocycles. The first-order valence-corrected chi connectivity index (χ1v) is 9.81. The third kappa shape index (κ3) is 4.57. The number of piperidine rings is 2. The van der Waals surface area contributed by atoms with E-state index in [1.54, 1.807) is 0 Å². The van der Waals surface area contributed by atoms with Gasteiger partial charge in [-0.2, -0.15) is 0 Å². The summed E-state index contributed by atoms with van der Waals surface area (Å²) in [6.45, 7) is 6.16. The van der Waals surface area contributed by atoms with E-state index in [1.807, 2.05) is 24.0 Å². The molecule has 0 atom stereocenters. The smallest absolute Gasteiger partial charge is 0.261 e. The number of carbonyl (C=O) groups is 2. The van der Waals surface area contributed by atoms with Gasteiger partial charge in [-0.25, -0.2) is 0 Å². The Bertz CT molecular complexity index is 573. The Morgan fingerprint density at radius 1 is 1.12 bits per heavy atom. The summed E-state index contributed by atoms with van der Waals surface area (Å²) in [7, 11) is 0. The van der Waals surface area contributed by atoms with Gasteiger partial charge in [0.2, 0.25) is 5.91 Å². The fraction of sp³-hybridized carbons (Fsp3) is 0.667. The Labute approximate surface area is 148 Å². The van der Waals surface area contributed by atoms with Crippen molar-refractivity contribution in [3.8, 4) is 0 Å². The standard InChI is InChI=1S/C18H27N3O2S/c1-14-5-6-16(24-14)18(23)19-15-7-11-20(12-8-15)13-17(22)21-9-3-2-4-10-21/h5-6,15H,2-4,7-13H2,1H3,(H,19,23). The number of nitrogens with zero attached hydrogens (tertiary/aromatic N) is 2. The molecule has 1 N–H and O–H groups in total. The molecular formula is C18H27N3O2S. The Morgan fingerprint density at radius 3 is 2.46 bits per heavy atom. The van der Waals surface area contributed by atoms with Gasteiger partial charge in [0.05, 0.1) is 11.4 Å². The second-order valence-electron chi connectivity index (χ2n) is 6.88. The highest BCUT2D eigenvalue weighted by Gasteiger charge is 2.25. The fourth-order valence-corrected chi connectivity index (χ4v) is 4.25. The van der Waals surface area contributed by atoms with Crippen LogP contribution in [-0.4, -0.2) is 60.4 Å². The van der Waals surface area contributed by atoms with E-state index in [0.717, 1.165) is 61.6 Å². The van der Waals surface area contributed by atoms with Gasteiger partial charge in [-0.05, 0) is 51.2 Å². The van der Waals surface area contributed by atoms with Gasteiger partial charge in [-0.1, -0.05) is 0 Å². The van der Waals surface area contributed by atoms with Crippen molar-refractivity contribution >= 4 is 23.2 Å². The third-order valence-corrected chi connectivity index (χ3v) is 5.95. The maximum atomic E-state index is 12.3. The zero-order chi connectivity index (χ0) is 16.9. The van der Waals surface area contributed by atoms with Gasteiger partial charge < -0.3 is 10.2 Å². The molecule has 3 rings (SSSR count). The van der Waals surface area contributed by atoms with Crippen LogP contribution in [0.15, 0.2) is 12.1 Å². The van der Waals surface area contributed by atoms with Crippen LogP contribution in [-0.2, 0) is 4.79 Å². The maximum absolute atomic E-state index is 12.3. The van der Waals surface area contributed by atoms with Crippen molar-refractivity contribution in [1.82, 2.24) is 15.1 Å². The minimum absolute atomic E-state index is 0.0379. The number of likely N-dealkylation sites (tertiary alicyclic amines) is 2. The Kier molecular flexibility index (Phi) is 5.89. The van der Waals surface area contributed by atoms with Crippen LogP contribution in [0.4, 0.5) is 0 Å². The molecule has 2 aliphatic rings. The van der Waals surface area contributed by atoms with Crippen LogP contribution in [0.5, 0.6) is 0 Å². The molecule has 1 aromatic rings. The normalized spacial score (nSPS) is 20.1. The molecule has 24 heavy (non-hydrogen) atoms. The van der Waals surface area contributed by atoms with Crippen molar-refractivity contribution in [3.05, 3.63) is 21.9 Å². The second-order valence-corrected chi connectivity index (χ2v) is 8.16. The molecule has 2 fully saturated rings. The first kappa shape index (κ1) is 17.4. The van der Waals surface area contributed by atoms with E-state index in [1.165, 1.54) is 17.8 Å². The van der Waals surface area contributed by atoms with Crippen molar-refractivity contribution in [2.45, 2.75) is 45.1 Å². The average Bonchev–Trinajstić information content (AvgIpc) is 3.04. The molecule has 6 heteroatoms. The molecule has 1 aromatic heterocycles. The molecular weight excluding hydrogens is 322 g/mol. The Hall–Kier alpha value is -1.40. The number of amides is 2. The van der Waals surface area contributed by atoms with Gasteiger partial charge in [0.1, 0.15) is 0 Å². The summed E-state index contributed by atoms with van der Waals surface area (Å²) >= 11 is 1.54. The van der Waals surface area contributed by atoms with Crippen LogP contribution in [0.2, 0.25) is 0 Å². The van der Waals surface area contributed by atoms with E-state index < -0.39 is 0 Å². The van der Waals surface area contributed by atoms with E-state index in [0.29, 0.717) is 6.54 Å². The number of nitrogens with one attached hydrogen (secondary N) is 1. The first-order chi connectivity index (χ1) is 11.6. The number of hydrogen-bond donors (Lipinski definition) is 1. The van der Waals surface area contributed by atoms with Gasteiger partial charge >= 0.3 is 0 Å². The number of hydrogen-bond acceptors (Lipinski definition) is 4. The number of thiophene rings is 1. The van der Waals surface area contributed by atoms with E-state index in [-0.39, 0.29) is 17.9 Å². The van der Waals surface area contributed by atoms with E-state index >= 15 is 0 Å². The van der Waals surface area contributed by atoms with Crippen molar-refractivity contribution < 1.29 is 9.59 Å². The highest BCUT2D eigenvalue weighted by molar-refractivity contribution is 7.13. The molecule has 5 nitrogen and oxygen atoms in total. The molecule has 0 bridgehead atoms. The van der Waals surface area contributed by atoms with Gasteiger partial charge in [0, 0.05) is 37.1 Å². The molecule has 0 saturated carbocycles. The monoisotopic (exact) mass is 349 g/mol. The Morgan fingerprint density at radius 2 is 1.83 bits per heavy atom. The molecule has 0 spiro atoms. The topological polar surface area (TPSA) is 52.7 Å². The lowest BCUT2D eigenvalue weighted by Gasteiger charge is -2.34. The number of carbonyl (C=O) groups excluding carboxylic acids is 2. The lowest BCUT2D eigenvalue weighted by Crippen LogP contribution is -2.48. The van der Waals surface area contributed by atoms with Crippen molar-refractivity contribution in [2.75, 3.05) is 32.7 Å². The summed E-state index contributed by atoms with van der Waals surface area (Å²) in [5.74, 6) is 0.308. The Balaban J connectivity index is 1.40. The van der Waals surface area contributed by atoms with E-state index in [4.69, 9.17) is 0 Å². The fourth-order valence-electron chi connectivity index (χ4n) is 3.48. The molecule has 3 heterocycles.